The van der Waals surface area contributed by atoms with Crippen molar-refractivity contribution in [3.63, 3.8) is 0 Å². The monoisotopic (exact) mass is 367 g/mol. The number of nitrogens with zero attached hydrogens (tertiary/aromatic N) is 3. The fraction of sp³-hybridized carbons (Fsp3) is 0.333. The zero-order chi connectivity index (χ0) is 18.7. The van der Waals surface area contributed by atoms with Crippen molar-refractivity contribution >= 4 is 33.1 Å². The third-order valence-corrected chi connectivity index (χ3v) is 5.49. The molecule has 0 aliphatic rings. The highest BCUT2D eigenvalue weighted by Gasteiger charge is 2.15. The van der Waals surface area contributed by atoms with Gasteiger partial charge in [-0.2, -0.15) is 0 Å². The fourth-order valence-corrected chi connectivity index (χ4v) is 4.14. The average Bonchev–Trinajstić information content (AvgIpc) is 3.04. The molecule has 5 heteroatoms. The molecule has 0 bridgehead atoms. The maximum absolute atomic E-state index is 12.7. The first-order valence-corrected chi connectivity index (χ1v) is 9.78. The van der Waals surface area contributed by atoms with Crippen molar-refractivity contribution in [1.82, 2.24) is 9.88 Å². The molecule has 0 fully saturated rings. The van der Waals surface area contributed by atoms with Gasteiger partial charge in [-0.1, -0.05) is 12.1 Å². The summed E-state index contributed by atoms with van der Waals surface area (Å²) in [7, 11) is 1.83. The highest BCUT2D eigenvalue weighted by molar-refractivity contribution is 7.18. The summed E-state index contributed by atoms with van der Waals surface area (Å²) in [6.45, 7) is 7.96. The number of hydrogen-bond acceptors (Lipinski definition) is 4. The molecule has 0 saturated heterocycles. The van der Waals surface area contributed by atoms with Gasteiger partial charge in [-0.3, -0.25) is 4.79 Å². The molecule has 0 spiro atoms. The topological polar surface area (TPSA) is 36.4 Å². The van der Waals surface area contributed by atoms with Crippen LogP contribution in [0.25, 0.3) is 10.2 Å². The zero-order valence-corrected chi connectivity index (χ0v) is 16.6. The second-order valence-electron chi connectivity index (χ2n) is 6.66. The third-order valence-electron chi connectivity index (χ3n) is 4.47. The average molecular weight is 368 g/mol. The molecule has 1 heterocycles. The van der Waals surface area contributed by atoms with Gasteiger partial charge in [0, 0.05) is 30.9 Å². The maximum atomic E-state index is 12.7. The van der Waals surface area contributed by atoms with E-state index in [0.29, 0.717) is 18.2 Å². The Kier molecular flexibility index (Phi) is 5.57. The summed E-state index contributed by atoms with van der Waals surface area (Å²) in [5, 5.41) is 0.954. The summed E-state index contributed by atoms with van der Waals surface area (Å²) in [6, 6.07) is 16.4. The van der Waals surface area contributed by atoms with Gasteiger partial charge in [0.2, 0.25) is 0 Å². The molecule has 1 aromatic heterocycles. The summed E-state index contributed by atoms with van der Waals surface area (Å²) in [4.78, 5) is 21.4. The summed E-state index contributed by atoms with van der Waals surface area (Å²) in [6.07, 6.45) is 0. The van der Waals surface area contributed by atoms with Crippen LogP contribution in [0.4, 0.5) is 5.69 Å². The van der Waals surface area contributed by atoms with E-state index < -0.39 is 0 Å². The number of aromatic nitrogens is 1. The van der Waals surface area contributed by atoms with Gasteiger partial charge in [-0.05, 0) is 57.2 Å². The molecule has 3 aromatic rings. The summed E-state index contributed by atoms with van der Waals surface area (Å²) >= 11 is 1.64. The number of hydrogen-bond donors (Lipinski definition) is 0. The van der Waals surface area contributed by atoms with Gasteiger partial charge in [-0.15, -0.1) is 11.3 Å². The van der Waals surface area contributed by atoms with E-state index in [0.717, 1.165) is 27.5 Å². The normalized spacial score (nSPS) is 11.1. The van der Waals surface area contributed by atoms with E-state index in [-0.39, 0.29) is 5.91 Å². The van der Waals surface area contributed by atoms with Gasteiger partial charge >= 0.3 is 0 Å². The molecule has 0 unspecified atom stereocenters. The number of thiazole rings is 1. The number of para-hydroxylation sites is 1. The molecule has 26 heavy (non-hydrogen) atoms. The van der Waals surface area contributed by atoms with Crippen LogP contribution < -0.4 is 4.90 Å². The molecule has 1 amide bonds. The van der Waals surface area contributed by atoms with E-state index in [9.17, 15) is 4.79 Å². The van der Waals surface area contributed by atoms with E-state index in [1.165, 1.54) is 0 Å². The standard InChI is InChI=1S/C21H25N3OS/c1-5-24(15(2)3)17-12-10-16(11-13-17)21(25)23(4)14-20-22-18-8-6-7-9-19(18)26-20/h6-13,15H,5,14H2,1-4H3. The number of carbonyl (C=O) groups is 1. The predicted octanol–water partition coefficient (Wildman–Crippen LogP) is 4.80. The summed E-state index contributed by atoms with van der Waals surface area (Å²) in [5.74, 6) is 0.0170. The minimum atomic E-state index is 0.0170. The van der Waals surface area contributed by atoms with E-state index in [4.69, 9.17) is 0 Å². The van der Waals surface area contributed by atoms with Crippen LogP contribution in [-0.4, -0.2) is 35.4 Å². The van der Waals surface area contributed by atoms with Gasteiger partial charge in [0.1, 0.15) is 5.01 Å². The number of fused-ring (bicyclic) bond motifs is 1. The molecule has 3 rings (SSSR count). The number of carbonyl (C=O) groups excluding carboxylic acids is 1. The quantitative estimate of drug-likeness (QED) is 0.628. The van der Waals surface area contributed by atoms with E-state index >= 15 is 0 Å². The summed E-state index contributed by atoms with van der Waals surface area (Å²) < 4.78 is 1.15. The lowest BCUT2D eigenvalue weighted by atomic mass is 10.1. The Morgan fingerprint density at radius 1 is 1.12 bits per heavy atom. The molecule has 0 aliphatic carbocycles. The van der Waals surface area contributed by atoms with Crippen LogP contribution in [0.2, 0.25) is 0 Å². The Morgan fingerprint density at radius 3 is 2.42 bits per heavy atom. The van der Waals surface area contributed by atoms with E-state index in [1.807, 2.05) is 49.5 Å². The molecule has 4 nitrogen and oxygen atoms in total. The van der Waals surface area contributed by atoms with Crippen molar-refractivity contribution in [1.29, 1.82) is 0 Å². The molecule has 2 aromatic carbocycles. The molecule has 0 aliphatic heterocycles. The summed E-state index contributed by atoms with van der Waals surface area (Å²) in [5.41, 5.74) is 2.84. The molecule has 136 valence electrons. The molecular formula is C21H25N3OS. The first-order valence-electron chi connectivity index (χ1n) is 8.96. The first kappa shape index (κ1) is 18.4. The maximum Gasteiger partial charge on any atom is 0.253 e. The first-order chi connectivity index (χ1) is 12.5. The second kappa shape index (κ2) is 7.87. The van der Waals surface area contributed by atoms with Crippen molar-refractivity contribution in [2.24, 2.45) is 0 Å². The van der Waals surface area contributed by atoms with E-state index in [2.05, 4.69) is 36.7 Å². The highest BCUT2D eigenvalue weighted by atomic mass is 32.1. The smallest absolute Gasteiger partial charge is 0.253 e. The Bertz CT molecular complexity index is 853. The van der Waals surface area contributed by atoms with E-state index in [1.54, 1.807) is 16.2 Å². The fourth-order valence-electron chi connectivity index (χ4n) is 3.12. The lowest BCUT2D eigenvalue weighted by Gasteiger charge is -2.27. The highest BCUT2D eigenvalue weighted by Crippen LogP contribution is 2.23. The van der Waals surface area contributed by atoms with Crippen molar-refractivity contribution in [2.45, 2.75) is 33.4 Å². The Balaban J connectivity index is 1.71. The van der Waals surface area contributed by atoms with Crippen molar-refractivity contribution in [3.8, 4) is 0 Å². The van der Waals surface area contributed by atoms with Crippen molar-refractivity contribution in [3.05, 3.63) is 59.1 Å². The number of amides is 1. The number of rotatable bonds is 6. The minimum Gasteiger partial charge on any atom is -0.369 e. The van der Waals surface area contributed by atoms with Crippen LogP contribution in [-0.2, 0) is 6.54 Å². The molecule has 0 radical (unpaired) electrons. The Labute approximate surface area is 159 Å². The molecule has 0 saturated carbocycles. The van der Waals surface area contributed by atoms with Crippen molar-refractivity contribution < 1.29 is 4.79 Å². The zero-order valence-electron chi connectivity index (χ0n) is 15.8. The minimum absolute atomic E-state index is 0.0170. The lowest BCUT2D eigenvalue weighted by Crippen LogP contribution is -2.30. The SMILES string of the molecule is CCN(c1ccc(C(=O)N(C)Cc2nc3ccccc3s2)cc1)C(C)C. The Morgan fingerprint density at radius 2 is 1.81 bits per heavy atom. The van der Waals surface area contributed by atoms with Crippen LogP contribution in [0.15, 0.2) is 48.5 Å². The third kappa shape index (κ3) is 3.88. The van der Waals surface area contributed by atoms with Gasteiger partial charge < -0.3 is 9.80 Å². The second-order valence-corrected chi connectivity index (χ2v) is 7.78. The van der Waals surface area contributed by atoms with Gasteiger partial charge in [-0.25, -0.2) is 4.98 Å². The molecule has 0 atom stereocenters. The van der Waals surface area contributed by atoms with Gasteiger partial charge in [0.25, 0.3) is 5.91 Å². The van der Waals surface area contributed by atoms with Gasteiger partial charge in [0.05, 0.1) is 16.8 Å². The number of benzene rings is 2. The molecular weight excluding hydrogens is 342 g/mol. The Hall–Kier alpha value is -2.40. The lowest BCUT2D eigenvalue weighted by molar-refractivity contribution is 0.0785. The van der Waals surface area contributed by atoms with Crippen LogP contribution in [0.3, 0.4) is 0 Å². The largest absolute Gasteiger partial charge is 0.369 e. The van der Waals surface area contributed by atoms with Crippen LogP contribution in [0, 0.1) is 0 Å². The molecule has 0 N–H and O–H groups in total. The number of anilines is 1. The van der Waals surface area contributed by atoms with Gasteiger partial charge in [0.15, 0.2) is 0 Å². The van der Waals surface area contributed by atoms with Crippen molar-refractivity contribution in [2.75, 3.05) is 18.5 Å². The predicted molar refractivity (Wildman–Crippen MR) is 110 cm³/mol. The van der Waals surface area contributed by atoms with Crippen LogP contribution in [0.5, 0.6) is 0 Å². The van der Waals surface area contributed by atoms with Crippen LogP contribution >= 0.6 is 11.3 Å². The van der Waals surface area contributed by atoms with Crippen LogP contribution in [0.1, 0.15) is 36.1 Å².